The lowest BCUT2D eigenvalue weighted by molar-refractivity contribution is 0.0697. The van der Waals surface area contributed by atoms with Gasteiger partial charge in [-0.15, -0.1) is 11.3 Å². The summed E-state index contributed by atoms with van der Waals surface area (Å²) in [5.41, 5.74) is 1.80. The van der Waals surface area contributed by atoms with Gasteiger partial charge in [0.1, 0.15) is 0 Å². The number of hydrogen-bond acceptors (Lipinski definition) is 5. The van der Waals surface area contributed by atoms with E-state index in [-0.39, 0.29) is 5.56 Å². The number of hydrogen-bond donors (Lipinski definition) is 2. The average molecular weight is 376 g/mol. The van der Waals surface area contributed by atoms with E-state index in [0.717, 1.165) is 20.0 Å². The fourth-order valence-corrected chi connectivity index (χ4v) is 3.19. The molecule has 0 aliphatic rings. The normalized spacial score (nSPS) is 10.4. The molecular formula is C15H10BrN3O2S. The molecule has 110 valence electrons. The molecule has 0 spiro atoms. The molecule has 0 atom stereocenters. The number of carboxylic acid groups (broad SMARTS) is 1. The molecule has 0 saturated carbocycles. The van der Waals surface area contributed by atoms with Gasteiger partial charge in [0, 0.05) is 11.9 Å². The lowest BCUT2D eigenvalue weighted by Gasteiger charge is -2.06. The number of aromatic carboxylic acids is 1. The second-order valence-corrected chi connectivity index (χ2v) is 6.84. The number of nitrogens with one attached hydrogen (secondary N) is 1. The molecule has 3 aromatic rings. The number of rotatable bonds is 4. The molecule has 0 radical (unpaired) electrons. The standard InChI is InChI=1S/C15H10BrN3O2S/c16-13-6-5-12(22-13)11-7-8-17-15(19-11)18-10-3-1-9(2-4-10)14(20)21/h1-8H,(H,20,21)(H,17,18,19). The van der Waals surface area contributed by atoms with Gasteiger partial charge in [0.05, 0.1) is 19.9 Å². The van der Waals surface area contributed by atoms with E-state index in [1.54, 1.807) is 29.7 Å². The van der Waals surface area contributed by atoms with Gasteiger partial charge in [0.2, 0.25) is 5.95 Å². The number of carboxylic acids is 1. The first-order valence-electron chi connectivity index (χ1n) is 6.31. The first kappa shape index (κ1) is 14.7. The summed E-state index contributed by atoms with van der Waals surface area (Å²) in [6.45, 7) is 0. The molecule has 22 heavy (non-hydrogen) atoms. The van der Waals surface area contributed by atoms with Crippen molar-refractivity contribution in [2.45, 2.75) is 0 Å². The third kappa shape index (κ3) is 3.32. The van der Waals surface area contributed by atoms with E-state index >= 15 is 0 Å². The molecule has 1 aromatic carbocycles. The maximum atomic E-state index is 10.8. The molecule has 0 saturated heterocycles. The van der Waals surface area contributed by atoms with Crippen LogP contribution in [0.3, 0.4) is 0 Å². The van der Waals surface area contributed by atoms with E-state index in [0.29, 0.717) is 5.95 Å². The van der Waals surface area contributed by atoms with Gasteiger partial charge in [-0.1, -0.05) is 0 Å². The Bertz CT molecular complexity index is 818. The van der Waals surface area contributed by atoms with Gasteiger partial charge < -0.3 is 10.4 Å². The van der Waals surface area contributed by atoms with Crippen LogP contribution < -0.4 is 5.32 Å². The summed E-state index contributed by atoms with van der Waals surface area (Å²) in [5, 5.41) is 11.9. The minimum absolute atomic E-state index is 0.239. The highest BCUT2D eigenvalue weighted by atomic mass is 79.9. The Labute approximate surface area is 138 Å². The quantitative estimate of drug-likeness (QED) is 0.706. The van der Waals surface area contributed by atoms with Crippen LogP contribution in [0.25, 0.3) is 10.6 Å². The van der Waals surface area contributed by atoms with Gasteiger partial charge in [-0.05, 0) is 58.4 Å². The number of carbonyl (C=O) groups is 1. The Morgan fingerprint density at radius 3 is 2.55 bits per heavy atom. The molecule has 2 aromatic heterocycles. The second kappa shape index (κ2) is 6.25. The molecule has 2 heterocycles. The first-order chi connectivity index (χ1) is 10.6. The van der Waals surface area contributed by atoms with Crippen LogP contribution in [0, 0.1) is 0 Å². The van der Waals surface area contributed by atoms with Crippen LogP contribution in [-0.2, 0) is 0 Å². The predicted molar refractivity (Wildman–Crippen MR) is 89.7 cm³/mol. The van der Waals surface area contributed by atoms with Crippen LogP contribution in [0.1, 0.15) is 10.4 Å². The van der Waals surface area contributed by atoms with E-state index in [4.69, 9.17) is 5.11 Å². The largest absolute Gasteiger partial charge is 0.478 e. The van der Waals surface area contributed by atoms with Crippen LogP contribution in [0.15, 0.2) is 52.4 Å². The SMILES string of the molecule is O=C(O)c1ccc(Nc2nccc(-c3ccc(Br)s3)n2)cc1. The van der Waals surface area contributed by atoms with E-state index in [1.807, 2.05) is 18.2 Å². The van der Waals surface area contributed by atoms with Gasteiger partial charge in [-0.3, -0.25) is 0 Å². The van der Waals surface area contributed by atoms with Crippen molar-refractivity contribution in [2.24, 2.45) is 0 Å². The summed E-state index contributed by atoms with van der Waals surface area (Å²) in [4.78, 5) is 20.5. The zero-order valence-electron chi connectivity index (χ0n) is 11.2. The van der Waals surface area contributed by atoms with Crippen molar-refractivity contribution >= 4 is 44.9 Å². The maximum absolute atomic E-state index is 10.8. The van der Waals surface area contributed by atoms with Crippen molar-refractivity contribution in [1.82, 2.24) is 9.97 Å². The molecule has 3 rings (SSSR count). The first-order valence-corrected chi connectivity index (χ1v) is 7.92. The molecule has 0 fully saturated rings. The van der Waals surface area contributed by atoms with Crippen LogP contribution in [0.5, 0.6) is 0 Å². The second-order valence-electron chi connectivity index (χ2n) is 4.38. The molecule has 0 aliphatic carbocycles. The summed E-state index contributed by atoms with van der Waals surface area (Å²) in [6, 6.07) is 12.2. The topological polar surface area (TPSA) is 75.1 Å². The van der Waals surface area contributed by atoms with Crippen molar-refractivity contribution in [3.8, 4) is 10.6 Å². The van der Waals surface area contributed by atoms with Gasteiger partial charge in [-0.2, -0.15) is 0 Å². The number of aromatic nitrogens is 2. The molecular weight excluding hydrogens is 366 g/mol. The third-order valence-electron chi connectivity index (χ3n) is 2.87. The smallest absolute Gasteiger partial charge is 0.335 e. The fraction of sp³-hybridized carbons (Fsp3) is 0. The molecule has 0 bridgehead atoms. The molecule has 0 unspecified atom stereocenters. The van der Waals surface area contributed by atoms with Crippen LogP contribution in [-0.4, -0.2) is 21.0 Å². The molecule has 5 nitrogen and oxygen atoms in total. The van der Waals surface area contributed by atoms with Gasteiger partial charge >= 0.3 is 5.97 Å². The van der Waals surface area contributed by atoms with E-state index < -0.39 is 5.97 Å². The highest BCUT2D eigenvalue weighted by Crippen LogP contribution is 2.30. The van der Waals surface area contributed by atoms with Gasteiger partial charge in [0.25, 0.3) is 0 Å². The zero-order valence-corrected chi connectivity index (χ0v) is 13.6. The third-order valence-corrected chi connectivity index (χ3v) is 4.52. The van der Waals surface area contributed by atoms with E-state index in [1.165, 1.54) is 12.1 Å². The Balaban J connectivity index is 1.82. The lowest BCUT2D eigenvalue weighted by atomic mass is 10.2. The minimum atomic E-state index is -0.951. The highest BCUT2D eigenvalue weighted by Gasteiger charge is 2.06. The number of nitrogens with zero attached hydrogens (tertiary/aromatic N) is 2. The maximum Gasteiger partial charge on any atom is 0.335 e. The monoisotopic (exact) mass is 375 g/mol. The van der Waals surface area contributed by atoms with Crippen molar-refractivity contribution in [2.75, 3.05) is 5.32 Å². The summed E-state index contributed by atoms with van der Waals surface area (Å²) in [6.07, 6.45) is 1.68. The van der Waals surface area contributed by atoms with E-state index in [9.17, 15) is 4.79 Å². The van der Waals surface area contributed by atoms with Crippen LogP contribution in [0.2, 0.25) is 0 Å². The van der Waals surface area contributed by atoms with Crippen LogP contribution in [0.4, 0.5) is 11.6 Å². The molecule has 0 amide bonds. The Hall–Kier alpha value is -2.25. The van der Waals surface area contributed by atoms with Gasteiger partial charge in [-0.25, -0.2) is 14.8 Å². The minimum Gasteiger partial charge on any atom is -0.478 e. The summed E-state index contributed by atoms with van der Waals surface area (Å²) in [7, 11) is 0. The number of anilines is 2. The molecule has 7 heteroatoms. The number of thiophene rings is 1. The zero-order chi connectivity index (χ0) is 15.5. The Kier molecular flexibility index (Phi) is 4.17. The predicted octanol–water partition coefficient (Wildman–Crippen LogP) is 4.41. The van der Waals surface area contributed by atoms with Crippen molar-refractivity contribution in [1.29, 1.82) is 0 Å². The van der Waals surface area contributed by atoms with Crippen molar-refractivity contribution < 1.29 is 9.90 Å². The van der Waals surface area contributed by atoms with Crippen molar-refractivity contribution in [3.05, 3.63) is 58.0 Å². The lowest BCUT2D eigenvalue weighted by Crippen LogP contribution is -1.99. The summed E-state index contributed by atoms with van der Waals surface area (Å²) < 4.78 is 1.04. The highest BCUT2D eigenvalue weighted by molar-refractivity contribution is 9.11. The summed E-state index contributed by atoms with van der Waals surface area (Å²) in [5.74, 6) is -0.488. The van der Waals surface area contributed by atoms with Crippen LogP contribution >= 0.6 is 27.3 Å². The fourth-order valence-electron chi connectivity index (χ4n) is 1.83. The number of benzene rings is 1. The molecule has 2 N–H and O–H groups in total. The Morgan fingerprint density at radius 1 is 1.14 bits per heavy atom. The number of halogens is 1. The summed E-state index contributed by atoms with van der Waals surface area (Å²) >= 11 is 5.03. The van der Waals surface area contributed by atoms with Gasteiger partial charge in [0.15, 0.2) is 0 Å². The molecule has 0 aliphatic heterocycles. The van der Waals surface area contributed by atoms with E-state index in [2.05, 4.69) is 31.2 Å². The Morgan fingerprint density at radius 2 is 1.91 bits per heavy atom. The average Bonchev–Trinajstić information content (AvgIpc) is 2.95. The van der Waals surface area contributed by atoms with Crippen molar-refractivity contribution in [3.63, 3.8) is 0 Å².